The summed E-state index contributed by atoms with van der Waals surface area (Å²) in [5, 5.41) is 0. The number of thiazole rings is 1. The number of para-hydroxylation sites is 1. The van der Waals surface area contributed by atoms with Gasteiger partial charge < -0.3 is 14.2 Å². The summed E-state index contributed by atoms with van der Waals surface area (Å²) in [6.45, 7) is 4.08. The van der Waals surface area contributed by atoms with E-state index >= 15 is 0 Å². The minimum absolute atomic E-state index is 0.227. The normalized spacial score (nSPS) is 15.0. The number of fused-ring (bicyclic) bond motifs is 1. The molecule has 1 atom stereocenters. The van der Waals surface area contributed by atoms with Gasteiger partial charge in [-0.15, -0.1) is 0 Å². The molecule has 0 fully saturated rings. The summed E-state index contributed by atoms with van der Waals surface area (Å²) in [4.78, 5) is 31.7. The SMILES string of the molecule is COC(=O)C1=C(C)N=c2sc(=Cc3ccc(OC)c(COc4ccccc4C)c3)c(=O)n2[C@H]1c1ccccc1. The highest BCUT2D eigenvalue weighted by molar-refractivity contribution is 7.07. The van der Waals surface area contributed by atoms with Gasteiger partial charge in [0.25, 0.3) is 5.56 Å². The molecular formula is C31H28N2O5S. The number of hydrogen-bond donors (Lipinski definition) is 0. The second-order valence-corrected chi connectivity index (χ2v) is 10.1. The third-order valence-electron chi connectivity index (χ3n) is 6.62. The third kappa shape index (κ3) is 5.15. The maximum absolute atomic E-state index is 13.8. The van der Waals surface area contributed by atoms with Gasteiger partial charge in [-0.05, 0) is 54.8 Å². The predicted octanol–water partition coefficient (Wildman–Crippen LogP) is 4.30. The summed E-state index contributed by atoms with van der Waals surface area (Å²) in [7, 11) is 2.95. The number of esters is 1. The van der Waals surface area contributed by atoms with Crippen LogP contribution in [0.2, 0.25) is 0 Å². The van der Waals surface area contributed by atoms with Crippen LogP contribution in [0.3, 0.4) is 0 Å². The first-order chi connectivity index (χ1) is 18.9. The number of benzene rings is 3. The number of ether oxygens (including phenoxy) is 3. The van der Waals surface area contributed by atoms with E-state index in [0.717, 1.165) is 28.0 Å². The van der Waals surface area contributed by atoms with Crippen molar-refractivity contribution in [1.29, 1.82) is 0 Å². The van der Waals surface area contributed by atoms with E-state index in [2.05, 4.69) is 4.99 Å². The van der Waals surface area contributed by atoms with Gasteiger partial charge in [0.05, 0.1) is 36.1 Å². The van der Waals surface area contributed by atoms with Gasteiger partial charge in [-0.2, -0.15) is 0 Å². The zero-order valence-electron chi connectivity index (χ0n) is 22.1. The van der Waals surface area contributed by atoms with Crippen LogP contribution in [0.15, 0.2) is 93.9 Å². The van der Waals surface area contributed by atoms with Crippen LogP contribution < -0.4 is 24.4 Å². The molecule has 4 aromatic rings. The highest BCUT2D eigenvalue weighted by atomic mass is 32.1. The van der Waals surface area contributed by atoms with Crippen molar-refractivity contribution in [2.45, 2.75) is 26.5 Å². The fraction of sp³-hybridized carbons (Fsp3) is 0.194. The van der Waals surface area contributed by atoms with Crippen molar-refractivity contribution in [3.8, 4) is 11.5 Å². The lowest BCUT2D eigenvalue weighted by Gasteiger charge is -2.24. The lowest BCUT2D eigenvalue weighted by atomic mass is 9.96. The van der Waals surface area contributed by atoms with Crippen LogP contribution >= 0.6 is 11.3 Å². The summed E-state index contributed by atoms with van der Waals surface area (Å²) in [5.74, 6) is 0.994. The Balaban J connectivity index is 1.58. The summed E-state index contributed by atoms with van der Waals surface area (Å²) in [5.41, 5.74) is 4.18. The molecule has 5 rings (SSSR count). The molecule has 1 aliphatic heterocycles. The Morgan fingerprint density at radius 3 is 2.46 bits per heavy atom. The fourth-order valence-electron chi connectivity index (χ4n) is 4.67. The minimum Gasteiger partial charge on any atom is -0.496 e. The number of nitrogens with zero attached hydrogens (tertiary/aromatic N) is 2. The van der Waals surface area contributed by atoms with Gasteiger partial charge in [0.15, 0.2) is 4.80 Å². The third-order valence-corrected chi connectivity index (χ3v) is 7.60. The van der Waals surface area contributed by atoms with Crippen molar-refractivity contribution in [2.24, 2.45) is 4.99 Å². The number of aryl methyl sites for hydroxylation is 1. The van der Waals surface area contributed by atoms with Gasteiger partial charge in [-0.25, -0.2) is 9.79 Å². The van der Waals surface area contributed by atoms with Crippen LogP contribution in [0.25, 0.3) is 6.08 Å². The highest BCUT2D eigenvalue weighted by Crippen LogP contribution is 2.30. The Labute approximate surface area is 229 Å². The summed E-state index contributed by atoms with van der Waals surface area (Å²) in [6, 6.07) is 22.4. The molecule has 1 aromatic heterocycles. The zero-order chi connectivity index (χ0) is 27.5. The number of hydrogen-bond acceptors (Lipinski definition) is 7. The van der Waals surface area contributed by atoms with E-state index in [0.29, 0.717) is 33.0 Å². The highest BCUT2D eigenvalue weighted by Gasteiger charge is 2.32. The van der Waals surface area contributed by atoms with E-state index in [9.17, 15) is 9.59 Å². The monoisotopic (exact) mass is 540 g/mol. The Kier molecular flexibility index (Phi) is 7.47. The van der Waals surface area contributed by atoms with Gasteiger partial charge in [0.1, 0.15) is 18.1 Å². The number of rotatable bonds is 7. The van der Waals surface area contributed by atoms with Crippen molar-refractivity contribution >= 4 is 23.4 Å². The molecule has 0 radical (unpaired) electrons. The van der Waals surface area contributed by atoms with Crippen LogP contribution in [0.4, 0.5) is 0 Å². The van der Waals surface area contributed by atoms with Crippen LogP contribution in [-0.2, 0) is 16.1 Å². The van der Waals surface area contributed by atoms with E-state index in [1.54, 1.807) is 18.6 Å². The Morgan fingerprint density at radius 1 is 1.00 bits per heavy atom. The summed E-state index contributed by atoms with van der Waals surface area (Å²) >= 11 is 1.29. The Hall–Kier alpha value is -4.43. The van der Waals surface area contributed by atoms with Crippen molar-refractivity contribution in [3.05, 3.63) is 126 Å². The van der Waals surface area contributed by atoms with E-state index in [1.807, 2.05) is 85.8 Å². The molecule has 0 amide bonds. The lowest BCUT2D eigenvalue weighted by Crippen LogP contribution is -2.39. The van der Waals surface area contributed by atoms with E-state index in [4.69, 9.17) is 14.2 Å². The molecule has 7 nitrogen and oxygen atoms in total. The first-order valence-electron chi connectivity index (χ1n) is 12.4. The summed E-state index contributed by atoms with van der Waals surface area (Å²) in [6.07, 6.45) is 1.83. The van der Waals surface area contributed by atoms with Crippen molar-refractivity contribution in [2.75, 3.05) is 14.2 Å². The van der Waals surface area contributed by atoms with Gasteiger partial charge in [-0.3, -0.25) is 9.36 Å². The number of methoxy groups -OCH3 is 2. The van der Waals surface area contributed by atoms with Crippen LogP contribution in [0.1, 0.15) is 35.2 Å². The predicted molar refractivity (Wildman–Crippen MR) is 151 cm³/mol. The van der Waals surface area contributed by atoms with Crippen molar-refractivity contribution in [1.82, 2.24) is 4.57 Å². The molecular weight excluding hydrogens is 512 g/mol. The molecule has 2 heterocycles. The maximum atomic E-state index is 13.8. The minimum atomic E-state index is -0.633. The second-order valence-electron chi connectivity index (χ2n) is 9.11. The first kappa shape index (κ1) is 26.2. The topological polar surface area (TPSA) is 79.1 Å². The largest absolute Gasteiger partial charge is 0.496 e. The van der Waals surface area contributed by atoms with E-state index < -0.39 is 12.0 Å². The Morgan fingerprint density at radius 2 is 1.74 bits per heavy atom. The van der Waals surface area contributed by atoms with Gasteiger partial charge in [0, 0.05) is 5.56 Å². The average molecular weight is 541 g/mol. The van der Waals surface area contributed by atoms with Crippen molar-refractivity contribution < 1.29 is 19.0 Å². The second kappa shape index (κ2) is 11.1. The number of carbonyl (C=O) groups is 1. The standard InChI is InChI=1S/C31H28N2O5S/c1-19-10-8-9-13-24(19)38-18-23-16-21(14-15-25(23)36-3)17-26-29(34)33-28(22-11-6-5-7-12-22)27(30(35)37-4)20(2)32-31(33)39-26/h5-17,28H,18H2,1-4H3/t28-/m0/s1. The molecule has 0 aliphatic carbocycles. The first-order valence-corrected chi connectivity index (χ1v) is 13.2. The molecule has 39 heavy (non-hydrogen) atoms. The number of allylic oxidation sites excluding steroid dienone is 1. The van der Waals surface area contributed by atoms with Crippen molar-refractivity contribution in [3.63, 3.8) is 0 Å². The van der Waals surface area contributed by atoms with Crippen LogP contribution in [-0.4, -0.2) is 24.8 Å². The molecule has 0 spiro atoms. The molecule has 8 heteroatoms. The fourth-order valence-corrected chi connectivity index (χ4v) is 5.72. The molecule has 0 unspecified atom stereocenters. The van der Waals surface area contributed by atoms with Gasteiger partial charge in [-0.1, -0.05) is 65.9 Å². The van der Waals surface area contributed by atoms with Gasteiger partial charge >= 0.3 is 5.97 Å². The molecule has 0 bridgehead atoms. The van der Waals surface area contributed by atoms with E-state index in [-0.39, 0.29) is 5.56 Å². The molecule has 0 N–H and O–H groups in total. The van der Waals surface area contributed by atoms with Crippen LogP contribution in [0.5, 0.6) is 11.5 Å². The smallest absolute Gasteiger partial charge is 0.338 e. The molecule has 0 saturated heterocycles. The Bertz CT molecular complexity index is 1750. The number of aromatic nitrogens is 1. The average Bonchev–Trinajstić information content (AvgIpc) is 3.25. The van der Waals surface area contributed by atoms with E-state index in [1.165, 1.54) is 18.4 Å². The molecule has 198 valence electrons. The number of carbonyl (C=O) groups excluding carboxylic acids is 1. The molecule has 0 saturated carbocycles. The maximum Gasteiger partial charge on any atom is 0.338 e. The summed E-state index contributed by atoms with van der Waals surface area (Å²) < 4.78 is 18.8. The lowest BCUT2D eigenvalue weighted by molar-refractivity contribution is -0.136. The molecule has 1 aliphatic rings. The van der Waals surface area contributed by atoms with Gasteiger partial charge in [0.2, 0.25) is 0 Å². The zero-order valence-corrected chi connectivity index (χ0v) is 23.0. The molecule has 3 aromatic carbocycles. The van der Waals surface area contributed by atoms with Crippen LogP contribution in [0, 0.1) is 6.92 Å². The quantitative estimate of drug-likeness (QED) is 0.327.